The van der Waals surface area contributed by atoms with Crippen LogP contribution in [0.2, 0.25) is 0 Å². The van der Waals surface area contributed by atoms with Gasteiger partial charge in [-0.3, -0.25) is 4.79 Å². The first-order chi connectivity index (χ1) is 9.67. The molecular weight excluding hydrogens is 250 g/mol. The largest absolute Gasteiger partial charge is 0.353 e. The molecule has 0 spiro atoms. The number of likely N-dealkylation sites (N-methyl/N-ethyl adjacent to an activating group) is 1. The molecule has 0 aliphatic rings. The molecule has 1 aromatic rings. The molecule has 4 nitrogen and oxygen atoms in total. The Morgan fingerprint density at radius 3 is 2.50 bits per heavy atom. The zero-order chi connectivity index (χ0) is 14.8. The van der Waals surface area contributed by atoms with Gasteiger partial charge in [0.1, 0.15) is 0 Å². The summed E-state index contributed by atoms with van der Waals surface area (Å²) < 4.78 is 0. The molecule has 0 unspecified atom stereocenters. The molecule has 1 atom stereocenters. The first kappa shape index (κ1) is 16.7. The Kier molecular flexibility index (Phi) is 7.92. The molecule has 1 rings (SSSR count). The number of carbonyl (C=O) groups excluding carboxylic acids is 1. The van der Waals surface area contributed by atoms with Crippen molar-refractivity contribution in [2.45, 2.75) is 32.7 Å². The minimum absolute atomic E-state index is 0.0481. The summed E-state index contributed by atoms with van der Waals surface area (Å²) in [6, 6.07) is 9.70. The average molecular weight is 277 g/mol. The molecule has 0 aliphatic carbocycles. The number of nitrogens with one attached hydrogen (secondary N) is 1. The third-order valence-electron chi connectivity index (χ3n) is 3.55. The van der Waals surface area contributed by atoms with Gasteiger partial charge in [0.25, 0.3) is 0 Å². The third kappa shape index (κ3) is 6.17. The number of nitrogens with two attached hydrogens (primary N) is 1. The van der Waals surface area contributed by atoms with Crippen LogP contribution in [0.4, 0.5) is 0 Å². The van der Waals surface area contributed by atoms with Crippen molar-refractivity contribution in [2.75, 3.05) is 26.2 Å². The Morgan fingerprint density at radius 1 is 1.25 bits per heavy atom. The molecule has 20 heavy (non-hydrogen) atoms. The molecule has 0 aromatic heterocycles. The highest BCUT2D eigenvalue weighted by Crippen LogP contribution is 2.04. The van der Waals surface area contributed by atoms with Crippen LogP contribution < -0.4 is 11.1 Å². The van der Waals surface area contributed by atoms with E-state index in [0.29, 0.717) is 13.0 Å². The van der Waals surface area contributed by atoms with Gasteiger partial charge in [-0.05, 0) is 31.5 Å². The van der Waals surface area contributed by atoms with Crippen molar-refractivity contribution in [1.29, 1.82) is 0 Å². The van der Waals surface area contributed by atoms with Crippen molar-refractivity contribution in [2.24, 2.45) is 5.73 Å². The summed E-state index contributed by atoms with van der Waals surface area (Å²) in [6.07, 6.45) is 1.52. The van der Waals surface area contributed by atoms with Gasteiger partial charge in [-0.2, -0.15) is 0 Å². The van der Waals surface area contributed by atoms with Crippen LogP contribution in [0.25, 0.3) is 0 Å². The monoisotopic (exact) mass is 277 g/mol. The fourth-order valence-electron chi connectivity index (χ4n) is 2.11. The van der Waals surface area contributed by atoms with Gasteiger partial charge >= 0.3 is 0 Å². The van der Waals surface area contributed by atoms with E-state index in [2.05, 4.69) is 36.2 Å². The maximum atomic E-state index is 11.9. The van der Waals surface area contributed by atoms with Gasteiger partial charge in [-0.1, -0.05) is 44.2 Å². The van der Waals surface area contributed by atoms with Crippen molar-refractivity contribution in [3.8, 4) is 0 Å². The van der Waals surface area contributed by atoms with E-state index in [1.54, 1.807) is 0 Å². The zero-order valence-corrected chi connectivity index (χ0v) is 12.6. The number of aryl methyl sites for hydroxylation is 1. The second-order valence-corrected chi connectivity index (χ2v) is 4.95. The molecule has 0 heterocycles. The summed E-state index contributed by atoms with van der Waals surface area (Å²) in [4.78, 5) is 14.1. The van der Waals surface area contributed by atoms with Gasteiger partial charge in [0.15, 0.2) is 0 Å². The molecule has 4 heteroatoms. The molecule has 1 aromatic carbocycles. The van der Waals surface area contributed by atoms with Gasteiger partial charge in [0.2, 0.25) is 5.91 Å². The molecule has 0 fully saturated rings. The Bertz CT molecular complexity index is 377. The number of nitrogens with zero attached hydrogens (tertiary/aromatic N) is 1. The van der Waals surface area contributed by atoms with Crippen molar-refractivity contribution in [1.82, 2.24) is 10.2 Å². The smallest absolute Gasteiger partial charge is 0.236 e. The van der Waals surface area contributed by atoms with Gasteiger partial charge in [0, 0.05) is 13.1 Å². The molecule has 0 aliphatic heterocycles. The van der Waals surface area contributed by atoms with Crippen molar-refractivity contribution >= 4 is 5.91 Å². The van der Waals surface area contributed by atoms with Gasteiger partial charge < -0.3 is 16.0 Å². The molecule has 0 saturated heterocycles. The van der Waals surface area contributed by atoms with E-state index in [0.717, 1.165) is 26.1 Å². The second-order valence-electron chi connectivity index (χ2n) is 4.95. The lowest BCUT2D eigenvalue weighted by molar-refractivity contribution is -0.122. The van der Waals surface area contributed by atoms with E-state index in [-0.39, 0.29) is 5.91 Å². The quantitative estimate of drug-likeness (QED) is 0.717. The fourth-order valence-corrected chi connectivity index (χ4v) is 2.11. The Labute approximate surface area is 122 Å². The first-order valence-corrected chi connectivity index (χ1v) is 7.47. The summed E-state index contributed by atoms with van der Waals surface area (Å²) in [5.74, 6) is -0.0481. The van der Waals surface area contributed by atoms with Gasteiger partial charge in [0.05, 0.1) is 6.04 Å². The van der Waals surface area contributed by atoms with Crippen LogP contribution in [0.3, 0.4) is 0 Å². The van der Waals surface area contributed by atoms with Crippen LogP contribution in [-0.2, 0) is 11.2 Å². The molecule has 0 radical (unpaired) electrons. The number of rotatable bonds is 9. The lowest BCUT2D eigenvalue weighted by Gasteiger charge is -2.19. The Morgan fingerprint density at radius 2 is 1.90 bits per heavy atom. The zero-order valence-electron chi connectivity index (χ0n) is 12.6. The summed E-state index contributed by atoms with van der Waals surface area (Å²) in [6.45, 7) is 7.80. The molecular formula is C16H27N3O. The minimum Gasteiger partial charge on any atom is -0.353 e. The van der Waals surface area contributed by atoms with E-state index in [1.807, 2.05) is 18.2 Å². The SMILES string of the molecule is CCN(CC)CCNC(=O)[C@@H](N)CCc1ccccc1. The number of carbonyl (C=O) groups is 1. The highest BCUT2D eigenvalue weighted by atomic mass is 16.2. The molecule has 1 amide bonds. The predicted molar refractivity (Wildman–Crippen MR) is 83.5 cm³/mol. The highest BCUT2D eigenvalue weighted by molar-refractivity contribution is 5.81. The Balaban J connectivity index is 2.22. The molecule has 112 valence electrons. The standard InChI is InChI=1S/C16H27N3O/c1-3-19(4-2)13-12-18-16(20)15(17)11-10-14-8-6-5-7-9-14/h5-9,15H,3-4,10-13,17H2,1-2H3,(H,18,20)/t15-/m0/s1. The van der Waals surface area contributed by atoms with Crippen LogP contribution in [0.1, 0.15) is 25.8 Å². The topological polar surface area (TPSA) is 58.4 Å². The lowest BCUT2D eigenvalue weighted by Crippen LogP contribution is -2.43. The molecule has 0 saturated carbocycles. The third-order valence-corrected chi connectivity index (χ3v) is 3.55. The fraction of sp³-hybridized carbons (Fsp3) is 0.562. The average Bonchev–Trinajstić information content (AvgIpc) is 2.50. The summed E-state index contributed by atoms with van der Waals surface area (Å²) in [5.41, 5.74) is 7.14. The normalized spacial score (nSPS) is 12.4. The van der Waals surface area contributed by atoms with E-state index in [1.165, 1.54) is 5.56 Å². The van der Waals surface area contributed by atoms with E-state index in [4.69, 9.17) is 5.73 Å². The Hall–Kier alpha value is -1.39. The van der Waals surface area contributed by atoms with Gasteiger partial charge in [-0.15, -0.1) is 0 Å². The van der Waals surface area contributed by atoms with E-state index >= 15 is 0 Å². The van der Waals surface area contributed by atoms with Crippen molar-refractivity contribution in [3.05, 3.63) is 35.9 Å². The summed E-state index contributed by atoms with van der Waals surface area (Å²) >= 11 is 0. The second kappa shape index (κ2) is 9.50. The summed E-state index contributed by atoms with van der Waals surface area (Å²) in [5, 5.41) is 2.91. The van der Waals surface area contributed by atoms with E-state index in [9.17, 15) is 4.79 Å². The number of hydrogen-bond donors (Lipinski definition) is 2. The van der Waals surface area contributed by atoms with Crippen LogP contribution >= 0.6 is 0 Å². The van der Waals surface area contributed by atoms with Crippen LogP contribution in [0.15, 0.2) is 30.3 Å². The van der Waals surface area contributed by atoms with Crippen LogP contribution in [-0.4, -0.2) is 43.0 Å². The number of benzene rings is 1. The number of hydrogen-bond acceptors (Lipinski definition) is 3. The summed E-state index contributed by atoms with van der Waals surface area (Å²) in [7, 11) is 0. The molecule has 0 bridgehead atoms. The highest BCUT2D eigenvalue weighted by Gasteiger charge is 2.12. The van der Waals surface area contributed by atoms with Crippen LogP contribution in [0, 0.1) is 0 Å². The van der Waals surface area contributed by atoms with Crippen molar-refractivity contribution < 1.29 is 4.79 Å². The maximum absolute atomic E-state index is 11.9. The maximum Gasteiger partial charge on any atom is 0.236 e. The lowest BCUT2D eigenvalue weighted by atomic mass is 10.1. The van der Waals surface area contributed by atoms with Crippen molar-refractivity contribution in [3.63, 3.8) is 0 Å². The minimum atomic E-state index is -0.424. The number of amides is 1. The van der Waals surface area contributed by atoms with Gasteiger partial charge in [-0.25, -0.2) is 0 Å². The molecule has 3 N–H and O–H groups in total. The predicted octanol–water partition coefficient (Wildman–Crippen LogP) is 1.40. The van der Waals surface area contributed by atoms with E-state index < -0.39 is 6.04 Å². The van der Waals surface area contributed by atoms with Crippen LogP contribution in [0.5, 0.6) is 0 Å². The first-order valence-electron chi connectivity index (χ1n) is 7.47.